The number of carbonyl (C=O) groups is 1. The molecule has 0 saturated carbocycles. The van der Waals surface area contributed by atoms with Crippen LogP contribution in [0.25, 0.3) is 0 Å². The molecule has 0 aromatic heterocycles. The average molecular weight is 483 g/mol. The second-order valence-corrected chi connectivity index (χ2v) is 10.6. The summed E-state index contributed by atoms with van der Waals surface area (Å²) in [5, 5.41) is 0.412. The van der Waals surface area contributed by atoms with E-state index >= 15 is 0 Å². The highest BCUT2D eigenvalue weighted by molar-refractivity contribution is 7.92. The topological polar surface area (TPSA) is 57.7 Å². The standard InChI is InChI=1S/C26H27ClN2O3S/c27-23-10-7-11-24(19-23)29(33(31,32)25-12-5-2-6-13-25)20-26(30)28-16-14-22(15-17-28)18-21-8-3-1-4-9-21/h1-13,19,22H,14-18,20H2. The molecule has 0 N–H and O–H groups in total. The fourth-order valence-electron chi connectivity index (χ4n) is 4.22. The SMILES string of the molecule is O=C(CN(c1cccc(Cl)c1)S(=O)(=O)c1ccccc1)N1CCC(Cc2ccccc2)CC1. The van der Waals surface area contributed by atoms with E-state index in [9.17, 15) is 13.2 Å². The zero-order valence-electron chi connectivity index (χ0n) is 18.3. The number of hydrogen-bond acceptors (Lipinski definition) is 3. The maximum atomic E-state index is 13.4. The van der Waals surface area contributed by atoms with Gasteiger partial charge >= 0.3 is 0 Å². The molecule has 0 spiro atoms. The van der Waals surface area contributed by atoms with E-state index in [0.29, 0.717) is 29.7 Å². The Hall–Kier alpha value is -2.83. The molecule has 172 valence electrons. The number of halogens is 1. The summed E-state index contributed by atoms with van der Waals surface area (Å²) in [5.41, 5.74) is 1.68. The summed E-state index contributed by atoms with van der Waals surface area (Å²) in [7, 11) is -3.93. The number of sulfonamides is 1. The Kier molecular flexibility index (Phi) is 7.36. The Morgan fingerprint density at radius 2 is 1.55 bits per heavy atom. The van der Waals surface area contributed by atoms with Crippen LogP contribution in [-0.2, 0) is 21.2 Å². The lowest BCUT2D eigenvalue weighted by atomic mass is 9.90. The minimum atomic E-state index is -3.93. The number of nitrogens with zero attached hydrogens (tertiary/aromatic N) is 2. The molecule has 0 radical (unpaired) electrons. The van der Waals surface area contributed by atoms with Crippen LogP contribution in [0.4, 0.5) is 5.69 Å². The number of benzene rings is 3. The van der Waals surface area contributed by atoms with Gasteiger partial charge in [-0.05, 0) is 61.1 Å². The van der Waals surface area contributed by atoms with Crippen molar-refractivity contribution in [3.05, 3.63) is 95.5 Å². The molecule has 4 rings (SSSR count). The van der Waals surface area contributed by atoms with Crippen molar-refractivity contribution in [2.45, 2.75) is 24.2 Å². The van der Waals surface area contributed by atoms with E-state index in [1.54, 1.807) is 47.4 Å². The molecule has 0 bridgehead atoms. The van der Waals surface area contributed by atoms with Gasteiger partial charge in [-0.15, -0.1) is 0 Å². The van der Waals surface area contributed by atoms with E-state index < -0.39 is 10.0 Å². The van der Waals surface area contributed by atoms with Crippen molar-refractivity contribution in [3.8, 4) is 0 Å². The summed E-state index contributed by atoms with van der Waals surface area (Å²) < 4.78 is 28.0. The molecule has 1 amide bonds. The smallest absolute Gasteiger partial charge is 0.264 e. The van der Waals surface area contributed by atoms with Crippen molar-refractivity contribution in [1.82, 2.24) is 4.90 Å². The molecule has 3 aromatic rings. The molecule has 1 aliphatic heterocycles. The van der Waals surface area contributed by atoms with Crippen LogP contribution >= 0.6 is 11.6 Å². The molecule has 0 unspecified atom stereocenters. The largest absolute Gasteiger partial charge is 0.341 e. The van der Waals surface area contributed by atoms with Crippen molar-refractivity contribution in [3.63, 3.8) is 0 Å². The molecule has 33 heavy (non-hydrogen) atoms. The van der Waals surface area contributed by atoms with Crippen LogP contribution < -0.4 is 4.31 Å². The average Bonchev–Trinajstić information content (AvgIpc) is 2.84. The Balaban J connectivity index is 1.48. The third-order valence-electron chi connectivity index (χ3n) is 6.04. The normalized spacial score (nSPS) is 14.8. The second kappa shape index (κ2) is 10.4. The Morgan fingerprint density at radius 1 is 0.909 bits per heavy atom. The van der Waals surface area contributed by atoms with Crippen LogP contribution in [0.15, 0.2) is 89.8 Å². The minimum absolute atomic E-state index is 0.138. The molecule has 0 atom stereocenters. The summed E-state index contributed by atoms with van der Waals surface area (Å²) in [6, 6.07) is 25.1. The maximum Gasteiger partial charge on any atom is 0.264 e. The van der Waals surface area contributed by atoms with E-state index in [2.05, 4.69) is 12.1 Å². The highest BCUT2D eigenvalue weighted by Crippen LogP contribution is 2.27. The highest BCUT2D eigenvalue weighted by atomic mass is 35.5. The molecular weight excluding hydrogens is 456 g/mol. The lowest BCUT2D eigenvalue weighted by Crippen LogP contribution is -2.46. The number of piperidine rings is 1. The van der Waals surface area contributed by atoms with E-state index in [0.717, 1.165) is 23.6 Å². The highest BCUT2D eigenvalue weighted by Gasteiger charge is 2.30. The zero-order valence-corrected chi connectivity index (χ0v) is 19.9. The first-order valence-electron chi connectivity index (χ1n) is 11.1. The van der Waals surface area contributed by atoms with Crippen LogP contribution in [0.5, 0.6) is 0 Å². The van der Waals surface area contributed by atoms with Crippen molar-refractivity contribution < 1.29 is 13.2 Å². The number of hydrogen-bond donors (Lipinski definition) is 0. The van der Waals surface area contributed by atoms with E-state index in [1.165, 1.54) is 17.7 Å². The summed E-state index contributed by atoms with van der Waals surface area (Å²) in [4.78, 5) is 15.1. The first-order valence-corrected chi connectivity index (χ1v) is 12.9. The lowest BCUT2D eigenvalue weighted by molar-refractivity contribution is -0.130. The van der Waals surface area contributed by atoms with Gasteiger partial charge < -0.3 is 4.90 Å². The molecule has 3 aromatic carbocycles. The fraction of sp³-hybridized carbons (Fsp3) is 0.269. The Labute approximate surface area is 200 Å². The monoisotopic (exact) mass is 482 g/mol. The molecular formula is C26H27ClN2O3S. The van der Waals surface area contributed by atoms with Gasteiger partial charge in [-0.25, -0.2) is 8.42 Å². The van der Waals surface area contributed by atoms with Crippen molar-refractivity contribution in [1.29, 1.82) is 0 Å². The quantitative estimate of drug-likeness (QED) is 0.475. The zero-order chi connectivity index (χ0) is 23.3. The summed E-state index contributed by atoms with van der Waals surface area (Å²) in [6.07, 6.45) is 2.81. The molecule has 1 heterocycles. The predicted octanol–water partition coefficient (Wildman–Crippen LogP) is 5.02. The number of amides is 1. The van der Waals surface area contributed by atoms with Gasteiger partial charge in [-0.3, -0.25) is 9.10 Å². The van der Waals surface area contributed by atoms with Gasteiger partial charge in [0, 0.05) is 18.1 Å². The number of likely N-dealkylation sites (tertiary alicyclic amines) is 1. The van der Waals surface area contributed by atoms with Gasteiger partial charge in [-0.2, -0.15) is 0 Å². The van der Waals surface area contributed by atoms with Gasteiger partial charge in [0.15, 0.2) is 0 Å². The summed E-state index contributed by atoms with van der Waals surface area (Å²) >= 11 is 6.14. The van der Waals surface area contributed by atoms with Crippen LogP contribution in [-0.4, -0.2) is 38.9 Å². The Morgan fingerprint density at radius 3 is 2.18 bits per heavy atom. The number of carbonyl (C=O) groups excluding carboxylic acids is 1. The van der Waals surface area contributed by atoms with Crippen molar-refractivity contribution in [2.75, 3.05) is 23.9 Å². The molecule has 1 saturated heterocycles. The maximum absolute atomic E-state index is 13.4. The number of rotatable bonds is 7. The van der Waals surface area contributed by atoms with Crippen molar-refractivity contribution in [2.24, 2.45) is 5.92 Å². The first kappa shape index (κ1) is 23.3. The first-order chi connectivity index (χ1) is 15.9. The molecule has 1 fully saturated rings. The van der Waals surface area contributed by atoms with E-state index in [-0.39, 0.29) is 17.3 Å². The third kappa shape index (κ3) is 5.75. The van der Waals surface area contributed by atoms with Crippen LogP contribution in [0.2, 0.25) is 5.02 Å². The van der Waals surface area contributed by atoms with Crippen LogP contribution in [0.1, 0.15) is 18.4 Å². The molecule has 0 aliphatic carbocycles. The fourth-order valence-corrected chi connectivity index (χ4v) is 5.83. The van der Waals surface area contributed by atoms with Crippen molar-refractivity contribution >= 4 is 33.2 Å². The van der Waals surface area contributed by atoms with E-state index in [4.69, 9.17) is 11.6 Å². The van der Waals surface area contributed by atoms with Crippen LogP contribution in [0, 0.1) is 5.92 Å². The molecule has 1 aliphatic rings. The Bertz CT molecular complexity index is 1180. The lowest BCUT2D eigenvalue weighted by Gasteiger charge is -2.34. The number of anilines is 1. The summed E-state index contributed by atoms with van der Waals surface area (Å²) in [5.74, 6) is 0.321. The van der Waals surface area contributed by atoms with Gasteiger partial charge in [0.05, 0.1) is 10.6 Å². The van der Waals surface area contributed by atoms with Crippen LogP contribution in [0.3, 0.4) is 0 Å². The predicted molar refractivity (Wildman–Crippen MR) is 132 cm³/mol. The minimum Gasteiger partial charge on any atom is -0.341 e. The van der Waals surface area contributed by atoms with Gasteiger partial charge in [0.25, 0.3) is 10.0 Å². The van der Waals surface area contributed by atoms with E-state index in [1.807, 2.05) is 18.2 Å². The second-order valence-electron chi connectivity index (χ2n) is 8.32. The summed E-state index contributed by atoms with van der Waals surface area (Å²) in [6.45, 7) is 0.997. The molecule has 5 nitrogen and oxygen atoms in total. The van der Waals surface area contributed by atoms with Gasteiger partial charge in [0.1, 0.15) is 6.54 Å². The third-order valence-corrected chi connectivity index (χ3v) is 8.06. The van der Waals surface area contributed by atoms with Gasteiger partial charge in [-0.1, -0.05) is 66.2 Å². The molecule has 7 heteroatoms. The van der Waals surface area contributed by atoms with Gasteiger partial charge in [0.2, 0.25) is 5.91 Å².